The van der Waals surface area contributed by atoms with Crippen LogP contribution in [0.25, 0.3) is 0 Å². The highest BCUT2D eigenvalue weighted by Gasteiger charge is 2.47. The summed E-state index contributed by atoms with van der Waals surface area (Å²) in [5.41, 5.74) is -1.98. The molecule has 0 bridgehead atoms. The lowest BCUT2D eigenvalue weighted by molar-refractivity contribution is -0.209. The van der Waals surface area contributed by atoms with Gasteiger partial charge in [0.05, 0.1) is 5.54 Å². The fourth-order valence-corrected chi connectivity index (χ4v) is 3.12. The van der Waals surface area contributed by atoms with E-state index >= 15 is 0 Å². The molecule has 0 fully saturated rings. The van der Waals surface area contributed by atoms with Crippen molar-refractivity contribution >= 4 is 27.3 Å². The summed E-state index contributed by atoms with van der Waals surface area (Å²) in [6.45, 7) is 6.10. The van der Waals surface area contributed by atoms with Crippen molar-refractivity contribution in [1.82, 2.24) is 9.71 Å². The second kappa shape index (κ2) is 7.45. The van der Waals surface area contributed by atoms with Crippen molar-refractivity contribution in [3.8, 4) is 0 Å². The molecule has 1 rings (SSSR count). The Kier molecular flexibility index (Phi) is 6.71. The average Bonchev–Trinajstić information content (AvgIpc) is 2.39. The fourth-order valence-electron chi connectivity index (χ4n) is 1.88. The second-order valence-corrected chi connectivity index (χ2v) is 9.45. The largest absolute Gasteiger partial charge is 0.598 e. The molecule has 0 aromatic carbocycles. The summed E-state index contributed by atoms with van der Waals surface area (Å²) in [6, 6.07) is 1.25. The molecule has 4 nitrogen and oxygen atoms in total. The molecule has 1 heterocycles. The maximum atomic E-state index is 14.1. The van der Waals surface area contributed by atoms with Gasteiger partial charge in [-0.2, -0.15) is 17.6 Å². The molecular formula is C14H19BrF4N2O2S. The first-order chi connectivity index (χ1) is 10.7. The van der Waals surface area contributed by atoms with Crippen molar-refractivity contribution in [1.29, 1.82) is 0 Å². The Hall–Kier alpha value is -0.420. The monoisotopic (exact) mass is 434 g/mol. The Morgan fingerprint density at radius 2 is 1.88 bits per heavy atom. The normalized spacial score (nSPS) is 18.1. The van der Waals surface area contributed by atoms with Crippen molar-refractivity contribution in [2.75, 3.05) is 0 Å². The number of hydrogen-bond donors (Lipinski definition) is 2. The topological polar surface area (TPSA) is 68.2 Å². The molecular weight excluding hydrogens is 416 g/mol. The quantitative estimate of drug-likeness (QED) is 0.422. The van der Waals surface area contributed by atoms with Gasteiger partial charge in [0.25, 0.3) is 0 Å². The van der Waals surface area contributed by atoms with E-state index in [0.29, 0.717) is 4.47 Å². The SMILES string of the molecule is CC(C)(C)[S@@+]([O-])N[C@@](C)(C[C@H](O)C(F)(F)F)c1cc(Br)cnc1F. The summed E-state index contributed by atoms with van der Waals surface area (Å²) in [7, 11) is 0. The van der Waals surface area contributed by atoms with Crippen LogP contribution in [0.1, 0.15) is 39.7 Å². The van der Waals surface area contributed by atoms with E-state index in [2.05, 4.69) is 25.6 Å². The number of aliphatic hydroxyl groups excluding tert-OH is 1. The Morgan fingerprint density at radius 1 is 1.33 bits per heavy atom. The third kappa shape index (κ3) is 5.55. The molecule has 1 aromatic heterocycles. The Bertz CT molecular complexity index is 559. The smallest absolute Gasteiger partial charge is 0.414 e. The summed E-state index contributed by atoms with van der Waals surface area (Å²) in [6.07, 6.45) is -7.37. The summed E-state index contributed by atoms with van der Waals surface area (Å²) in [5, 5.41) is 9.44. The highest BCUT2D eigenvalue weighted by Crippen LogP contribution is 2.36. The van der Waals surface area contributed by atoms with Gasteiger partial charge in [-0.15, -0.1) is 4.72 Å². The Labute approximate surface area is 149 Å². The van der Waals surface area contributed by atoms with Crippen molar-refractivity contribution in [3.05, 3.63) is 28.2 Å². The summed E-state index contributed by atoms with van der Waals surface area (Å²) in [5.74, 6) is -1.01. The van der Waals surface area contributed by atoms with Gasteiger partial charge in [0, 0.05) is 34.0 Å². The van der Waals surface area contributed by atoms with Crippen LogP contribution < -0.4 is 4.72 Å². The van der Waals surface area contributed by atoms with E-state index in [1.807, 2.05) is 0 Å². The lowest BCUT2D eigenvalue weighted by atomic mass is 9.88. The van der Waals surface area contributed by atoms with E-state index in [1.54, 1.807) is 20.8 Å². The van der Waals surface area contributed by atoms with Crippen LogP contribution in [0.5, 0.6) is 0 Å². The van der Waals surface area contributed by atoms with E-state index in [1.165, 1.54) is 13.0 Å². The van der Waals surface area contributed by atoms with E-state index in [9.17, 15) is 27.2 Å². The second-order valence-electron chi connectivity index (χ2n) is 6.57. The van der Waals surface area contributed by atoms with E-state index in [0.717, 1.165) is 6.20 Å². The minimum absolute atomic E-state index is 0.224. The summed E-state index contributed by atoms with van der Waals surface area (Å²) >= 11 is 1.28. The van der Waals surface area contributed by atoms with Crippen LogP contribution >= 0.6 is 15.9 Å². The van der Waals surface area contributed by atoms with Gasteiger partial charge < -0.3 is 9.66 Å². The van der Waals surface area contributed by atoms with Gasteiger partial charge in [0.15, 0.2) is 6.10 Å². The summed E-state index contributed by atoms with van der Waals surface area (Å²) in [4.78, 5) is 3.47. The van der Waals surface area contributed by atoms with Gasteiger partial charge in [0.2, 0.25) is 5.95 Å². The number of aliphatic hydroxyl groups is 1. The minimum Gasteiger partial charge on any atom is -0.598 e. The first-order valence-corrected chi connectivity index (χ1v) is 8.87. The molecule has 24 heavy (non-hydrogen) atoms. The Balaban J connectivity index is 3.32. The van der Waals surface area contributed by atoms with E-state index in [4.69, 9.17) is 0 Å². The molecule has 0 saturated carbocycles. The fraction of sp³-hybridized carbons (Fsp3) is 0.643. The van der Waals surface area contributed by atoms with Gasteiger partial charge >= 0.3 is 6.18 Å². The zero-order valence-corrected chi connectivity index (χ0v) is 15.9. The molecule has 0 aliphatic heterocycles. The first-order valence-electron chi connectivity index (χ1n) is 6.93. The van der Waals surface area contributed by atoms with Gasteiger partial charge in [-0.1, -0.05) is 0 Å². The molecule has 138 valence electrons. The first kappa shape index (κ1) is 21.6. The van der Waals surface area contributed by atoms with Crippen molar-refractivity contribution in [2.45, 2.75) is 56.7 Å². The van der Waals surface area contributed by atoms with Crippen molar-refractivity contribution < 1.29 is 27.2 Å². The molecule has 2 N–H and O–H groups in total. The molecule has 10 heteroatoms. The number of hydrogen-bond acceptors (Lipinski definition) is 4. The number of nitrogens with zero attached hydrogens (tertiary/aromatic N) is 1. The van der Waals surface area contributed by atoms with Gasteiger partial charge in [-0.05, 0) is 49.7 Å². The maximum Gasteiger partial charge on any atom is 0.414 e. The van der Waals surface area contributed by atoms with Crippen LogP contribution in [-0.4, -0.2) is 31.7 Å². The number of aromatic nitrogens is 1. The number of pyridine rings is 1. The minimum atomic E-state index is -4.89. The molecule has 0 amide bonds. The van der Waals surface area contributed by atoms with E-state index in [-0.39, 0.29) is 5.56 Å². The number of alkyl halides is 3. The highest BCUT2D eigenvalue weighted by molar-refractivity contribution is 9.10. The van der Waals surface area contributed by atoms with Crippen LogP contribution in [-0.2, 0) is 16.9 Å². The van der Waals surface area contributed by atoms with Crippen LogP contribution in [0.4, 0.5) is 17.6 Å². The highest BCUT2D eigenvalue weighted by atomic mass is 79.9. The molecule has 0 unspecified atom stereocenters. The molecule has 0 radical (unpaired) electrons. The van der Waals surface area contributed by atoms with Gasteiger partial charge in [-0.3, -0.25) is 0 Å². The molecule has 0 saturated heterocycles. The predicted octanol–water partition coefficient (Wildman–Crippen LogP) is 3.56. The zero-order chi connectivity index (χ0) is 18.9. The van der Waals surface area contributed by atoms with Crippen molar-refractivity contribution in [2.24, 2.45) is 0 Å². The Morgan fingerprint density at radius 3 is 2.33 bits per heavy atom. The lowest BCUT2D eigenvalue weighted by Gasteiger charge is -2.36. The lowest BCUT2D eigenvalue weighted by Crippen LogP contribution is -2.53. The van der Waals surface area contributed by atoms with E-state index < -0.39 is 46.3 Å². The number of rotatable bonds is 5. The summed E-state index contributed by atoms with van der Waals surface area (Å²) < 4.78 is 66.9. The third-order valence-corrected chi connectivity index (χ3v) is 5.44. The number of nitrogens with one attached hydrogen (secondary N) is 1. The predicted molar refractivity (Wildman–Crippen MR) is 87.0 cm³/mol. The molecule has 3 atom stereocenters. The standard InChI is InChI=1S/C14H19BrF4N2O2S/c1-12(2,3)24(23)21-13(4,6-10(22)14(17,18)19)9-5-8(15)7-20-11(9)16/h5,7,10,21-22H,6H2,1-4H3/t10-,13-,24+/m0/s1. The van der Waals surface area contributed by atoms with Crippen LogP contribution in [0.3, 0.4) is 0 Å². The van der Waals surface area contributed by atoms with Gasteiger partial charge in [0.1, 0.15) is 4.75 Å². The molecule has 1 aromatic rings. The average molecular weight is 435 g/mol. The molecule has 0 aliphatic carbocycles. The molecule has 0 aliphatic rings. The van der Waals surface area contributed by atoms with Crippen molar-refractivity contribution in [3.63, 3.8) is 0 Å². The van der Waals surface area contributed by atoms with Crippen LogP contribution in [0, 0.1) is 5.95 Å². The number of halogens is 5. The van der Waals surface area contributed by atoms with Gasteiger partial charge in [-0.25, -0.2) is 4.98 Å². The zero-order valence-electron chi connectivity index (χ0n) is 13.5. The maximum absolute atomic E-state index is 14.1. The van der Waals surface area contributed by atoms with Crippen LogP contribution in [0.15, 0.2) is 16.7 Å². The van der Waals surface area contributed by atoms with Crippen LogP contribution in [0.2, 0.25) is 0 Å². The third-order valence-electron chi connectivity index (χ3n) is 3.25. The molecule has 0 spiro atoms.